The van der Waals surface area contributed by atoms with Gasteiger partial charge < -0.3 is 19.3 Å². The minimum Gasteiger partial charge on any atom is -0.507 e. The molecule has 1 aliphatic heterocycles. The summed E-state index contributed by atoms with van der Waals surface area (Å²) in [4.78, 5) is 28.3. The fourth-order valence-corrected chi connectivity index (χ4v) is 4.58. The van der Waals surface area contributed by atoms with E-state index in [1.165, 1.54) is 4.90 Å². The highest BCUT2D eigenvalue weighted by Crippen LogP contribution is 2.44. The van der Waals surface area contributed by atoms with E-state index in [-0.39, 0.29) is 28.0 Å². The molecular formula is C30H30ClNO6. The molecule has 3 aromatic carbocycles. The molecule has 0 saturated carbocycles. The number of aliphatic hydroxyl groups is 1. The first-order chi connectivity index (χ1) is 18.2. The van der Waals surface area contributed by atoms with Crippen LogP contribution in [0.3, 0.4) is 0 Å². The largest absolute Gasteiger partial charge is 0.507 e. The monoisotopic (exact) mass is 535 g/mol. The van der Waals surface area contributed by atoms with Crippen molar-refractivity contribution >= 4 is 34.7 Å². The Hall–Kier alpha value is -3.97. The summed E-state index contributed by atoms with van der Waals surface area (Å²) < 4.78 is 16.9. The zero-order valence-corrected chi connectivity index (χ0v) is 22.5. The van der Waals surface area contributed by atoms with E-state index in [2.05, 4.69) is 0 Å². The number of ketones is 1. The Kier molecular flexibility index (Phi) is 8.27. The number of halogens is 1. The lowest BCUT2D eigenvalue weighted by molar-refractivity contribution is -0.132. The van der Waals surface area contributed by atoms with Crippen LogP contribution < -0.4 is 19.1 Å². The molecule has 0 bridgehead atoms. The molecule has 38 heavy (non-hydrogen) atoms. The molecule has 3 aromatic rings. The van der Waals surface area contributed by atoms with Crippen LogP contribution in [0.15, 0.2) is 72.3 Å². The molecule has 0 spiro atoms. The quantitative estimate of drug-likeness (QED) is 0.190. The van der Waals surface area contributed by atoms with Crippen molar-refractivity contribution in [2.75, 3.05) is 18.1 Å². The molecule has 1 N–H and O–H groups in total. The topological polar surface area (TPSA) is 85.3 Å². The molecule has 1 saturated heterocycles. The molecule has 0 aliphatic carbocycles. The van der Waals surface area contributed by atoms with Crippen LogP contribution in [0.4, 0.5) is 5.69 Å². The fourth-order valence-electron chi connectivity index (χ4n) is 4.37. The molecule has 1 atom stereocenters. The van der Waals surface area contributed by atoms with Gasteiger partial charge in [-0.05, 0) is 87.9 Å². The molecule has 0 aromatic heterocycles. The number of hydrogen-bond acceptors (Lipinski definition) is 6. The maximum absolute atomic E-state index is 13.5. The van der Waals surface area contributed by atoms with Crippen molar-refractivity contribution in [1.29, 1.82) is 0 Å². The highest BCUT2D eigenvalue weighted by Gasteiger charge is 2.47. The summed E-state index contributed by atoms with van der Waals surface area (Å²) in [7, 11) is 0. The van der Waals surface area contributed by atoms with Crippen molar-refractivity contribution < 1.29 is 28.9 Å². The molecule has 1 aliphatic rings. The van der Waals surface area contributed by atoms with Crippen LogP contribution in [0, 0.1) is 0 Å². The number of Topliss-reactive ketones (excluding diaryl/α,β-unsaturated/α-hetero) is 1. The van der Waals surface area contributed by atoms with Crippen LogP contribution in [0.5, 0.6) is 17.2 Å². The Balaban J connectivity index is 1.88. The van der Waals surface area contributed by atoms with Crippen LogP contribution in [0.2, 0.25) is 5.02 Å². The Labute approximate surface area is 227 Å². The third kappa shape index (κ3) is 5.48. The number of anilines is 1. The Morgan fingerprint density at radius 1 is 0.895 bits per heavy atom. The van der Waals surface area contributed by atoms with E-state index in [0.717, 1.165) is 0 Å². The van der Waals surface area contributed by atoms with E-state index in [4.69, 9.17) is 25.8 Å². The molecule has 1 unspecified atom stereocenters. The lowest BCUT2D eigenvalue weighted by atomic mass is 9.95. The third-order valence-electron chi connectivity index (χ3n) is 5.94. The number of aliphatic hydroxyl groups excluding tert-OH is 1. The van der Waals surface area contributed by atoms with E-state index >= 15 is 0 Å². The second-order valence-electron chi connectivity index (χ2n) is 8.91. The SMILES string of the molecule is CCOc1ccc(N2C(=O)C(=O)/C(=C(/O)c3cc(OCC)ccc3Cl)C2c2ccc(OC(C)C)cc2)cc1. The summed E-state index contributed by atoms with van der Waals surface area (Å²) in [5, 5.41) is 11.7. The summed E-state index contributed by atoms with van der Waals surface area (Å²) in [6.45, 7) is 8.47. The normalized spacial score (nSPS) is 16.7. The molecule has 7 nitrogen and oxygen atoms in total. The Morgan fingerprint density at radius 3 is 2.08 bits per heavy atom. The Morgan fingerprint density at radius 2 is 1.47 bits per heavy atom. The zero-order valence-electron chi connectivity index (χ0n) is 21.7. The van der Waals surface area contributed by atoms with E-state index < -0.39 is 17.7 Å². The van der Waals surface area contributed by atoms with Gasteiger partial charge in [0.1, 0.15) is 23.0 Å². The maximum Gasteiger partial charge on any atom is 0.300 e. The highest BCUT2D eigenvalue weighted by atomic mass is 35.5. The molecule has 1 heterocycles. The molecule has 1 fully saturated rings. The minimum absolute atomic E-state index is 0.0184. The highest BCUT2D eigenvalue weighted by molar-refractivity contribution is 6.52. The molecule has 1 amide bonds. The zero-order chi connectivity index (χ0) is 27.4. The average molecular weight is 536 g/mol. The number of nitrogens with zero attached hydrogens (tertiary/aromatic N) is 1. The number of hydrogen-bond donors (Lipinski definition) is 1. The van der Waals surface area contributed by atoms with Crippen molar-refractivity contribution in [1.82, 2.24) is 0 Å². The summed E-state index contributed by atoms with van der Waals surface area (Å²) in [6.07, 6.45) is -0.0184. The number of carbonyl (C=O) groups excluding carboxylic acids is 2. The van der Waals surface area contributed by atoms with Crippen LogP contribution >= 0.6 is 11.6 Å². The summed E-state index contributed by atoms with van der Waals surface area (Å²) in [5.74, 6) is -0.197. The van der Waals surface area contributed by atoms with Gasteiger partial charge >= 0.3 is 0 Å². The number of benzene rings is 3. The van der Waals surface area contributed by atoms with Gasteiger partial charge in [-0.15, -0.1) is 0 Å². The average Bonchev–Trinajstić information content (AvgIpc) is 3.16. The molecule has 0 radical (unpaired) electrons. The summed E-state index contributed by atoms with van der Waals surface area (Å²) in [6, 6.07) is 17.9. The van der Waals surface area contributed by atoms with Crippen LogP contribution in [0.25, 0.3) is 5.76 Å². The van der Waals surface area contributed by atoms with Crippen LogP contribution in [-0.4, -0.2) is 36.1 Å². The predicted octanol–water partition coefficient (Wildman–Crippen LogP) is 6.55. The molecule has 8 heteroatoms. The lowest BCUT2D eigenvalue weighted by Gasteiger charge is -2.26. The van der Waals surface area contributed by atoms with Crippen molar-refractivity contribution in [3.63, 3.8) is 0 Å². The van der Waals surface area contributed by atoms with Crippen LogP contribution in [-0.2, 0) is 9.59 Å². The smallest absolute Gasteiger partial charge is 0.300 e. The van der Waals surface area contributed by atoms with Crippen LogP contribution in [0.1, 0.15) is 44.9 Å². The first-order valence-corrected chi connectivity index (χ1v) is 12.9. The molecular weight excluding hydrogens is 506 g/mol. The first-order valence-electron chi connectivity index (χ1n) is 12.5. The van der Waals surface area contributed by atoms with Crippen molar-refractivity contribution in [3.05, 3.63) is 88.5 Å². The van der Waals surface area contributed by atoms with Crippen molar-refractivity contribution in [3.8, 4) is 17.2 Å². The van der Waals surface area contributed by atoms with E-state index in [1.54, 1.807) is 66.7 Å². The maximum atomic E-state index is 13.5. The summed E-state index contributed by atoms with van der Waals surface area (Å²) in [5.41, 5.74) is 1.23. The van der Waals surface area contributed by atoms with Gasteiger partial charge in [0.25, 0.3) is 11.7 Å². The molecule has 4 rings (SSSR count). The fraction of sp³-hybridized carbons (Fsp3) is 0.267. The molecule has 198 valence electrons. The van der Waals surface area contributed by atoms with Gasteiger partial charge in [-0.25, -0.2) is 0 Å². The lowest BCUT2D eigenvalue weighted by Crippen LogP contribution is -2.29. The first kappa shape index (κ1) is 27.1. The van der Waals surface area contributed by atoms with Gasteiger partial charge in [0.05, 0.1) is 36.0 Å². The standard InChI is InChI=1S/C30H30ClNO6/c1-5-36-21-13-9-20(10-14-21)32-27(19-7-11-22(12-8-19)38-18(3)4)26(29(34)30(32)35)28(33)24-17-23(37-6-2)15-16-25(24)31/h7-18,27,33H,5-6H2,1-4H3/b28-26+. The predicted molar refractivity (Wildman–Crippen MR) is 147 cm³/mol. The number of ether oxygens (including phenoxy) is 3. The van der Waals surface area contributed by atoms with Crippen molar-refractivity contribution in [2.24, 2.45) is 0 Å². The van der Waals surface area contributed by atoms with Gasteiger partial charge in [-0.3, -0.25) is 14.5 Å². The van der Waals surface area contributed by atoms with E-state index in [9.17, 15) is 14.7 Å². The van der Waals surface area contributed by atoms with Gasteiger partial charge in [-0.2, -0.15) is 0 Å². The third-order valence-corrected chi connectivity index (χ3v) is 6.27. The minimum atomic E-state index is -0.909. The van der Waals surface area contributed by atoms with Crippen molar-refractivity contribution in [2.45, 2.75) is 39.8 Å². The second-order valence-corrected chi connectivity index (χ2v) is 9.31. The number of rotatable bonds is 9. The summed E-state index contributed by atoms with van der Waals surface area (Å²) >= 11 is 6.43. The second kappa shape index (κ2) is 11.6. The Bertz CT molecular complexity index is 1350. The van der Waals surface area contributed by atoms with Gasteiger partial charge in [0.15, 0.2) is 0 Å². The van der Waals surface area contributed by atoms with E-state index in [0.29, 0.717) is 41.7 Å². The van der Waals surface area contributed by atoms with Gasteiger partial charge in [0.2, 0.25) is 0 Å². The number of carbonyl (C=O) groups is 2. The number of amides is 1. The van der Waals surface area contributed by atoms with Gasteiger partial charge in [0, 0.05) is 11.3 Å². The van der Waals surface area contributed by atoms with Gasteiger partial charge in [-0.1, -0.05) is 23.7 Å². The van der Waals surface area contributed by atoms with E-state index in [1.807, 2.05) is 27.7 Å².